The first-order chi connectivity index (χ1) is 8.70. The molecule has 0 aliphatic carbocycles. The molecule has 7 heteroatoms. The predicted octanol–water partition coefficient (Wildman–Crippen LogP) is 0.522. The summed E-state index contributed by atoms with van der Waals surface area (Å²) in [6.45, 7) is 2.45. The van der Waals surface area contributed by atoms with Gasteiger partial charge in [0.25, 0.3) is 0 Å². The normalized spacial score (nSPS) is 21.2. The van der Waals surface area contributed by atoms with E-state index in [1.54, 1.807) is 0 Å². The molecule has 2 heterocycles. The molecule has 18 heavy (non-hydrogen) atoms. The number of amides is 1. The maximum absolute atomic E-state index is 12.3. The molecule has 1 aromatic carbocycles. The fraction of sp³-hybridized carbons (Fsp3) is 0.273. The van der Waals surface area contributed by atoms with Crippen molar-refractivity contribution in [2.45, 2.75) is 12.3 Å². The average molecular weight is 244 g/mol. The highest BCUT2D eigenvalue weighted by Crippen LogP contribution is 2.36. The van der Waals surface area contributed by atoms with Crippen LogP contribution in [0.1, 0.15) is 12.5 Å². The summed E-state index contributed by atoms with van der Waals surface area (Å²) in [5.74, 6) is 0.115. The summed E-state index contributed by atoms with van der Waals surface area (Å²) in [5, 5.41) is 18.9. The van der Waals surface area contributed by atoms with Crippen LogP contribution < -0.4 is 10.6 Å². The Morgan fingerprint density at radius 3 is 3.06 bits per heavy atom. The molecule has 1 aliphatic rings. The second-order valence-electron chi connectivity index (χ2n) is 4.44. The Hall–Kier alpha value is -2.44. The molecule has 2 aromatic rings. The van der Waals surface area contributed by atoms with E-state index in [9.17, 15) is 4.79 Å². The number of nitrogens with one attached hydrogen (secondary N) is 3. The van der Waals surface area contributed by atoms with E-state index in [2.05, 4.69) is 31.3 Å². The van der Waals surface area contributed by atoms with E-state index in [4.69, 9.17) is 0 Å². The second kappa shape index (κ2) is 3.80. The first-order valence-electron chi connectivity index (χ1n) is 5.59. The number of carbonyl (C=O) groups excluding carboxylic acids is 1. The van der Waals surface area contributed by atoms with E-state index >= 15 is 0 Å². The Morgan fingerprint density at radius 2 is 2.28 bits per heavy atom. The number of aromatic nitrogens is 4. The van der Waals surface area contributed by atoms with Crippen LogP contribution in [0.15, 0.2) is 24.3 Å². The van der Waals surface area contributed by atoms with E-state index in [-0.39, 0.29) is 11.9 Å². The number of hydrogen-bond acceptors (Lipinski definition) is 5. The maximum atomic E-state index is 12.3. The lowest BCUT2D eigenvalue weighted by atomic mass is 9.83. The summed E-state index contributed by atoms with van der Waals surface area (Å²) in [5.41, 5.74) is 1.35. The van der Waals surface area contributed by atoms with Crippen molar-refractivity contribution in [1.29, 1.82) is 0 Å². The van der Waals surface area contributed by atoms with Crippen molar-refractivity contribution in [1.82, 2.24) is 20.6 Å². The Kier molecular flexibility index (Phi) is 2.26. The minimum absolute atomic E-state index is 0.140. The van der Waals surface area contributed by atoms with Crippen molar-refractivity contribution >= 4 is 17.5 Å². The van der Waals surface area contributed by atoms with E-state index in [0.717, 1.165) is 11.3 Å². The lowest BCUT2D eigenvalue weighted by molar-refractivity contribution is -0.120. The Balaban J connectivity index is 1.90. The largest absolute Gasteiger partial charge is 0.383 e. The van der Waals surface area contributed by atoms with Crippen molar-refractivity contribution in [2.24, 2.45) is 0 Å². The van der Waals surface area contributed by atoms with Gasteiger partial charge in [-0.15, -0.1) is 0 Å². The fourth-order valence-electron chi connectivity index (χ4n) is 2.15. The number of benzene rings is 1. The molecule has 1 unspecified atom stereocenters. The van der Waals surface area contributed by atoms with Crippen molar-refractivity contribution in [3.63, 3.8) is 0 Å². The number of anilines is 2. The van der Waals surface area contributed by atoms with Gasteiger partial charge in [-0.3, -0.25) is 10.1 Å². The molecule has 0 saturated heterocycles. The van der Waals surface area contributed by atoms with E-state index in [0.29, 0.717) is 6.54 Å². The first kappa shape index (κ1) is 10.7. The Morgan fingerprint density at radius 1 is 1.44 bits per heavy atom. The number of hydrogen-bond donors (Lipinski definition) is 3. The fourth-order valence-corrected chi connectivity index (χ4v) is 2.15. The van der Waals surface area contributed by atoms with Gasteiger partial charge in [0, 0.05) is 12.2 Å². The quantitative estimate of drug-likeness (QED) is 0.715. The summed E-state index contributed by atoms with van der Waals surface area (Å²) in [6.07, 6.45) is 0. The van der Waals surface area contributed by atoms with Crippen LogP contribution in [-0.2, 0) is 10.2 Å². The molecule has 0 saturated carbocycles. The lowest BCUT2D eigenvalue weighted by Crippen LogP contribution is -2.39. The van der Waals surface area contributed by atoms with Gasteiger partial charge < -0.3 is 5.32 Å². The predicted molar refractivity (Wildman–Crippen MR) is 65.1 cm³/mol. The summed E-state index contributed by atoms with van der Waals surface area (Å²) < 4.78 is 0. The number of tetrazole rings is 1. The number of fused-ring (bicyclic) bond motifs is 1. The molecule has 92 valence electrons. The molecule has 7 nitrogen and oxygen atoms in total. The van der Waals surface area contributed by atoms with Gasteiger partial charge in [0.2, 0.25) is 11.9 Å². The molecule has 1 atom stereocenters. The molecular formula is C11H12N6O. The van der Waals surface area contributed by atoms with Crippen LogP contribution >= 0.6 is 0 Å². The van der Waals surface area contributed by atoms with Gasteiger partial charge in [-0.1, -0.05) is 23.3 Å². The minimum atomic E-state index is -0.622. The zero-order valence-electron chi connectivity index (χ0n) is 9.77. The van der Waals surface area contributed by atoms with Crippen molar-refractivity contribution in [2.75, 3.05) is 17.2 Å². The van der Waals surface area contributed by atoms with Gasteiger partial charge in [0.15, 0.2) is 0 Å². The van der Waals surface area contributed by atoms with Crippen LogP contribution in [0.3, 0.4) is 0 Å². The summed E-state index contributed by atoms with van der Waals surface area (Å²) in [6, 6.07) is 7.78. The highest BCUT2D eigenvalue weighted by molar-refractivity contribution is 6.00. The van der Waals surface area contributed by atoms with Crippen LogP contribution in [0.5, 0.6) is 0 Å². The molecule has 1 amide bonds. The second-order valence-corrected chi connectivity index (χ2v) is 4.44. The zero-order chi connectivity index (χ0) is 12.6. The van der Waals surface area contributed by atoms with Gasteiger partial charge in [-0.25, -0.2) is 5.10 Å². The smallest absolute Gasteiger partial charge is 0.246 e. The van der Waals surface area contributed by atoms with E-state index in [1.807, 2.05) is 31.2 Å². The van der Waals surface area contributed by atoms with Gasteiger partial charge in [-0.05, 0) is 29.0 Å². The standard InChI is InChI=1S/C11H12N6O/c1-11(9(18)13-10-14-16-17-15-10)6-12-8-5-3-2-4-7(8)11/h2-5,12H,6H2,1H3,(H2,13,14,15,16,17,18). The molecule has 0 spiro atoms. The van der Waals surface area contributed by atoms with Gasteiger partial charge in [-0.2, -0.15) is 0 Å². The first-order valence-corrected chi connectivity index (χ1v) is 5.59. The Bertz CT molecular complexity index is 581. The molecule has 0 radical (unpaired) electrons. The highest BCUT2D eigenvalue weighted by atomic mass is 16.2. The van der Waals surface area contributed by atoms with Crippen molar-refractivity contribution < 1.29 is 4.79 Å². The zero-order valence-corrected chi connectivity index (χ0v) is 9.77. The lowest BCUT2D eigenvalue weighted by Gasteiger charge is -2.21. The third-order valence-corrected chi connectivity index (χ3v) is 3.23. The van der Waals surface area contributed by atoms with E-state index < -0.39 is 5.41 Å². The maximum Gasteiger partial charge on any atom is 0.246 e. The molecule has 1 aromatic heterocycles. The average Bonchev–Trinajstić information content (AvgIpc) is 2.99. The van der Waals surface area contributed by atoms with Crippen LogP contribution in [0.2, 0.25) is 0 Å². The molecular weight excluding hydrogens is 232 g/mol. The van der Waals surface area contributed by atoms with Crippen LogP contribution in [-0.4, -0.2) is 33.1 Å². The summed E-state index contributed by atoms with van der Waals surface area (Å²) in [4.78, 5) is 12.3. The van der Waals surface area contributed by atoms with Crippen LogP contribution in [0, 0.1) is 0 Å². The molecule has 0 fully saturated rings. The van der Waals surface area contributed by atoms with Crippen molar-refractivity contribution in [3.05, 3.63) is 29.8 Å². The summed E-state index contributed by atoms with van der Waals surface area (Å²) >= 11 is 0. The Labute approximate surface area is 103 Å². The molecule has 0 bridgehead atoms. The number of rotatable bonds is 2. The highest BCUT2D eigenvalue weighted by Gasteiger charge is 2.41. The topological polar surface area (TPSA) is 95.6 Å². The number of para-hydroxylation sites is 1. The third-order valence-electron chi connectivity index (χ3n) is 3.23. The van der Waals surface area contributed by atoms with Gasteiger partial charge in [0.05, 0.1) is 5.41 Å². The van der Waals surface area contributed by atoms with Gasteiger partial charge >= 0.3 is 0 Å². The number of carbonyl (C=O) groups is 1. The molecule has 1 aliphatic heterocycles. The third kappa shape index (κ3) is 1.52. The van der Waals surface area contributed by atoms with Crippen LogP contribution in [0.4, 0.5) is 11.6 Å². The van der Waals surface area contributed by atoms with Gasteiger partial charge in [0.1, 0.15) is 0 Å². The summed E-state index contributed by atoms with van der Waals surface area (Å²) in [7, 11) is 0. The van der Waals surface area contributed by atoms with Crippen molar-refractivity contribution in [3.8, 4) is 0 Å². The monoisotopic (exact) mass is 244 g/mol. The number of nitrogens with zero attached hydrogens (tertiary/aromatic N) is 3. The number of aromatic amines is 1. The van der Waals surface area contributed by atoms with Crippen LogP contribution in [0.25, 0.3) is 0 Å². The number of H-pyrrole nitrogens is 1. The molecule has 3 N–H and O–H groups in total. The van der Waals surface area contributed by atoms with E-state index in [1.165, 1.54) is 0 Å². The SMILES string of the molecule is CC1(C(=O)Nc2nnn[nH]2)CNc2ccccc21. The molecule has 3 rings (SSSR count). The minimum Gasteiger partial charge on any atom is -0.383 e.